The molecule has 3 heterocycles. The lowest BCUT2D eigenvalue weighted by Crippen LogP contribution is -1.89. The number of aryl methyl sites for hydroxylation is 1. The smallest absolute Gasteiger partial charge is 0.137 e. The SMILES string of the molecule is Cc1c(Br)ccc2nc(-c3ccoc3)cn12. The Balaban J connectivity index is 2.28. The summed E-state index contributed by atoms with van der Waals surface area (Å²) in [4.78, 5) is 4.54. The predicted molar refractivity (Wildman–Crippen MR) is 65.3 cm³/mol. The molecule has 0 saturated heterocycles. The van der Waals surface area contributed by atoms with Crippen molar-refractivity contribution in [1.29, 1.82) is 0 Å². The van der Waals surface area contributed by atoms with Gasteiger partial charge in [-0.3, -0.25) is 0 Å². The summed E-state index contributed by atoms with van der Waals surface area (Å²) < 4.78 is 8.20. The van der Waals surface area contributed by atoms with Crippen molar-refractivity contribution in [1.82, 2.24) is 9.38 Å². The zero-order chi connectivity index (χ0) is 11.1. The molecule has 0 fully saturated rings. The van der Waals surface area contributed by atoms with Crippen molar-refractivity contribution in [3.8, 4) is 11.3 Å². The summed E-state index contributed by atoms with van der Waals surface area (Å²) in [6.45, 7) is 2.05. The van der Waals surface area contributed by atoms with Crippen LogP contribution in [-0.2, 0) is 0 Å². The van der Waals surface area contributed by atoms with Crippen molar-refractivity contribution < 1.29 is 4.42 Å². The Morgan fingerprint density at radius 3 is 2.94 bits per heavy atom. The van der Waals surface area contributed by atoms with E-state index < -0.39 is 0 Å². The van der Waals surface area contributed by atoms with E-state index in [1.807, 2.05) is 24.4 Å². The van der Waals surface area contributed by atoms with Gasteiger partial charge in [0.2, 0.25) is 0 Å². The monoisotopic (exact) mass is 276 g/mol. The topological polar surface area (TPSA) is 30.4 Å². The van der Waals surface area contributed by atoms with Crippen LogP contribution in [0.5, 0.6) is 0 Å². The zero-order valence-corrected chi connectivity index (χ0v) is 10.2. The molecule has 16 heavy (non-hydrogen) atoms. The molecule has 4 heteroatoms. The molecule has 3 aromatic heterocycles. The van der Waals surface area contributed by atoms with E-state index in [-0.39, 0.29) is 0 Å². The van der Waals surface area contributed by atoms with Gasteiger partial charge in [0.15, 0.2) is 0 Å². The van der Waals surface area contributed by atoms with Crippen molar-refractivity contribution in [3.05, 3.63) is 47.1 Å². The van der Waals surface area contributed by atoms with Gasteiger partial charge in [-0.15, -0.1) is 0 Å². The van der Waals surface area contributed by atoms with Crippen LogP contribution in [0.1, 0.15) is 5.69 Å². The van der Waals surface area contributed by atoms with E-state index in [4.69, 9.17) is 4.42 Å². The van der Waals surface area contributed by atoms with Crippen LogP contribution in [0.2, 0.25) is 0 Å². The number of rotatable bonds is 1. The molecular weight excluding hydrogens is 268 g/mol. The Hall–Kier alpha value is -1.55. The van der Waals surface area contributed by atoms with Crippen LogP contribution in [0.4, 0.5) is 0 Å². The van der Waals surface area contributed by atoms with E-state index in [9.17, 15) is 0 Å². The van der Waals surface area contributed by atoms with Crippen LogP contribution in [0.3, 0.4) is 0 Å². The summed E-state index contributed by atoms with van der Waals surface area (Å²) >= 11 is 3.51. The molecule has 3 nitrogen and oxygen atoms in total. The molecule has 0 unspecified atom stereocenters. The van der Waals surface area contributed by atoms with Gasteiger partial charge >= 0.3 is 0 Å². The second-order valence-electron chi connectivity index (χ2n) is 3.63. The molecule has 0 N–H and O–H groups in total. The fraction of sp³-hybridized carbons (Fsp3) is 0.0833. The van der Waals surface area contributed by atoms with Gasteiger partial charge in [0, 0.05) is 21.9 Å². The van der Waals surface area contributed by atoms with Gasteiger partial charge in [-0.1, -0.05) is 0 Å². The normalized spacial score (nSPS) is 11.1. The number of halogens is 1. The molecule has 0 saturated carbocycles. The van der Waals surface area contributed by atoms with Gasteiger partial charge in [-0.05, 0) is 41.1 Å². The highest BCUT2D eigenvalue weighted by atomic mass is 79.9. The number of aromatic nitrogens is 2. The third-order valence-electron chi connectivity index (χ3n) is 2.64. The minimum absolute atomic E-state index is 0.926. The summed E-state index contributed by atoms with van der Waals surface area (Å²) in [6, 6.07) is 5.91. The van der Waals surface area contributed by atoms with Crippen molar-refractivity contribution in [2.45, 2.75) is 6.92 Å². The largest absolute Gasteiger partial charge is 0.472 e. The van der Waals surface area contributed by atoms with Crippen LogP contribution in [0.15, 0.2) is 45.8 Å². The van der Waals surface area contributed by atoms with E-state index in [1.165, 1.54) is 0 Å². The van der Waals surface area contributed by atoms with Crippen LogP contribution in [0, 0.1) is 6.92 Å². The van der Waals surface area contributed by atoms with Gasteiger partial charge in [-0.25, -0.2) is 4.98 Å². The molecule has 0 spiro atoms. The summed E-state index contributed by atoms with van der Waals surface area (Å²) in [5, 5.41) is 0. The predicted octanol–water partition coefficient (Wildman–Crippen LogP) is 3.67. The number of furan rings is 1. The standard InChI is InChI=1S/C12H9BrN2O/c1-8-10(13)2-3-12-14-11(6-15(8)12)9-4-5-16-7-9/h2-7H,1H3. The molecule has 0 atom stereocenters. The highest BCUT2D eigenvalue weighted by Gasteiger charge is 2.07. The van der Waals surface area contributed by atoms with E-state index in [1.54, 1.807) is 12.5 Å². The minimum atomic E-state index is 0.926. The Labute approximate surface area is 101 Å². The number of nitrogens with zero attached hydrogens (tertiary/aromatic N) is 2. The molecule has 0 bridgehead atoms. The van der Waals surface area contributed by atoms with Crippen LogP contribution in [-0.4, -0.2) is 9.38 Å². The Bertz CT molecular complexity index is 640. The number of pyridine rings is 1. The lowest BCUT2D eigenvalue weighted by atomic mass is 10.3. The zero-order valence-electron chi connectivity index (χ0n) is 8.64. The van der Waals surface area contributed by atoms with Crippen molar-refractivity contribution in [3.63, 3.8) is 0 Å². The molecule has 0 aliphatic carbocycles. The third kappa shape index (κ3) is 1.38. The fourth-order valence-electron chi connectivity index (χ4n) is 1.71. The molecule has 0 amide bonds. The molecule has 0 aliphatic heterocycles. The van der Waals surface area contributed by atoms with Crippen molar-refractivity contribution in [2.24, 2.45) is 0 Å². The maximum absolute atomic E-state index is 5.06. The molecule has 3 aromatic rings. The Morgan fingerprint density at radius 2 is 2.19 bits per heavy atom. The molecular formula is C12H9BrN2O. The van der Waals surface area contributed by atoms with Crippen LogP contribution >= 0.6 is 15.9 Å². The van der Waals surface area contributed by atoms with E-state index in [2.05, 4.69) is 32.2 Å². The van der Waals surface area contributed by atoms with Gasteiger partial charge in [0.1, 0.15) is 5.65 Å². The fourth-order valence-corrected chi connectivity index (χ4v) is 2.04. The van der Waals surface area contributed by atoms with Crippen molar-refractivity contribution >= 4 is 21.6 Å². The number of hydrogen-bond donors (Lipinski definition) is 0. The van der Waals surface area contributed by atoms with E-state index >= 15 is 0 Å². The van der Waals surface area contributed by atoms with Crippen molar-refractivity contribution in [2.75, 3.05) is 0 Å². The van der Waals surface area contributed by atoms with Gasteiger partial charge in [-0.2, -0.15) is 0 Å². The average Bonchev–Trinajstić information content (AvgIpc) is 2.91. The summed E-state index contributed by atoms with van der Waals surface area (Å²) in [5.41, 5.74) is 4.01. The Morgan fingerprint density at radius 1 is 1.31 bits per heavy atom. The van der Waals surface area contributed by atoms with E-state index in [0.29, 0.717) is 0 Å². The first kappa shape index (κ1) is 9.66. The quantitative estimate of drug-likeness (QED) is 0.679. The van der Waals surface area contributed by atoms with Crippen LogP contribution in [0.25, 0.3) is 16.9 Å². The first-order valence-corrected chi connectivity index (χ1v) is 5.72. The number of imidazole rings is 1. The maximum atomic E-state index is 5.06. The highest BCUT2D eigenvalue weighted by molar-refractivity contribution is 9.10. The average molecular weight is 277 g/mol. The maximum Gasteiger partial charge on any atom is 0.137 e. The molecule has 0 aliphatic rings. The molecule has 0 radical (unpaired) electrons. The molecule has 0 aromatic carbocycles. The number of fused-ring (bicyclic) bond motifs is 1. The Kier molecular flexibility index (Phi) is 2.11. The highest BCUT2D eigenvalue weighted by Crippen LogP contribution is 2.23. The second kappa shape index (κ2) is 3.49. The van der Waals surface area contributed by atoms with Crippen LogP contribution < -0.4 is 0 Å². The van der Waals surface area contributed by atoms with Gasteiger partial charge < -0.3 is 8.82 Å². The summed E-state index contributed by atoms with van der Waals surface area (Å²) in [5.74, 6) is 0. The lowest BCUT2D eigenvalue weighted by Gasteiger charge is -2.00. The molecule has 3 rings (SSSR count). The first-order valence-electron chi connectivity index (χ1n) is 4.92. The number of hydrogen-bond acceptors (Lipinski definition) is 2. The summed E-state index contributed by atoms with van der Waals surface area (Å²) in [7, 11) is 0. The first-order chi connectivity index (χ1) is 7.75. The van der Waals surface area contributed by atoms with Gasteiger partial charge in [0.25, 0.3) is 0 Å². The minimum Gasteiger partial charge on any atom is -0.472 e. The van der Waals surface area contributed by atoms with E-state index in [0.717, 1.165) is 27.1 Å². The van der Waals surface area contributed by atoms with Gasteiger partial charge in [0.05, 0.1) is 18.2 Å². The second-order valence-corrected chi connectivity index (χ2v) is 4.49. The summed E-state index contributed by atoms with van der Waals surface area (Å²) in [6.07, 6.45) is 5.37. The molecule has 80 valence electrons. The lowest BCUT2D eigenvalue weighted by molar-refractivity contribution is 0.568. The third-order valence-corrected chi connectivity index (χ3v) is 3.47.